The molecule has 0 saturated heterocycles. The van der Waals surface area contributed by atoms with Crippen molar-refractivity contribution in [3.05, 3.63) is 57.6 Å². The average Bonchev–Trinajstić information content (AvgIpc) is 2.42. The molecular formula is C17H20BrNS. The summed E-state index contributed by atoms with van der Waals surface area (Å²) in [6.07, 6.45) is 2.10. The van der Waals surface area contributed by atoms with Crippen LogP contribution in [0, 0.1) is 13.8 Å². The van der Waals surface area contributed by atoms with Crippen molar-refractivity contribution in [3.63, 3.8) is 0 Å². The molecule has 0 aliphatic carbocycles. The molecule has 1 unspecified atom stereocenters. The van der Waals surface area contributed by atoms with Crippen molar-refractivity contribution in [2.45, 2.75) is 31.7 Å². The maximum Gasteiger partial charge on any atom is 0.0485 e. The summed E-state index contributed by atoms with van der Waals surface area (Å²) in [5, 5.41) is 3.63. The third-order valence-corrected chi connectivity index (χ3v) is 4.68. The van der Waals surface area contributed by atoms with Crippen LogP contribution in [-0.4, -0.2) is 6.26 Å². The number of nitrogens with one attached hydrogen (secondary N) is 1. The van der Waals surface area contributed by atoms with Gasteiger partial charge < -0.3 is 5.32 Å². The highest BCUT2D eigenvalue weighted by Crippen LogP contribution is 2.29. The number of anilines is 1. The maximum atomic E-state index is 3.63. The minimum absolute atomic E-state index is 0.296. The van der Waals surface area contributed by atoms with Crippen LogP contribution in [0.2, 0.25) is 0 Å². The zero-order chi connectivity index (χ0) is 14.7. The van der Waals surface area contributed by atoms with Crippen LogP contribution >= 0.6 is 27.7 Å². The normalized spacial score (nSPS) is 12.2. The Labute approximate surface area is 134 Å². The van der Waals surface area contributed by atoms with Crippen molar-refractivity contribution >= 4 is 33.4 Å². The SMILES string of the molecule is CSc1ccc(C(C)Nc2c(C)cc(Br)cc2C)cc1. The molecule has 3 heteroatoms. The molecule has 2 rings (SSSR count). The highest BCUT2D eigenvalue weighted by Gasteiger charge is 2.09. The molecule has 106 valence electrons. The van der Waals surface area contributed by atoms with Gasteiger partial charge in [-0.1, -0.05) is 28.1 Å². The summed E-state index contributed by atoms with van der Waals surface area (Å²) < 4.78 is 1.13. The van der Waals surface area contributed by atoms with Gasteiger partial charge in [-0.15, -0.1) is 11.8 Å². The zero-order valence-corrected chi connectivity index (χ0v) is 14.7. The standard InChI is InChI=1S/C17H20BrNS/c1-11-9-15(18)10-12(2)17(11)19-13(3)14-5-7-16(20-4)8-6-14/h5-10,13,19H,1-4H3. The van der Waals surface area contributed by atoms with Gasteiger partial charge in [0.1, 0.15) is 0 Å². The summed E-state index contributed by atoms with van der Waals surface area (Å²) in [6.45, 7) is 6.49. The molecule has 0 radical (unpaired) electrons. The number of aryl methyl sites for hydroxylation is 2. The summed E-state index contributed by atoms with van der Waals surface area (Å²) in [4.78, 5) is 1.30. The molecular weight excluding hydrogens is 330 g/mol. The first kappa shape index (κ1) is 15.5. The lowest BCUT2D eigenvalue weighted by Crippen LogP contribution is -2.09. The van der Waals surface area contributed by atoms with Gasteiger partial charge in [0, 0.05) is 21.1 Å². The van der Waals surface area contributed by atoms with Gasteiger partial charge in [-0.25, -0.2) is 0 Å². The zero-order valence-electron chi connectivity index (χ0n) is 12.3. The lowest BCUT2D eigenvalue weighted by molar-refractivity contribution is 0.878. The smallest absolute Gasteiger partial charge is 0.0485 e. The Hall–Kier alpha value is -0.930. The minimum atomic E-state index is 0.296. The van der Waals surface area contributed by atoms with E-state index in [4.69, 9.17) is 0 Å². The third kappa shape index (κ3) is 3.58. The number of hydrogen-bond acceptors (Lipinski definition) is 2. The summed E-state index contributed by atoms with van der Waals surface area (Å²) in [7, 11) is 0. The van der Waals surface area contributed by atoms with Gasteiger partial charge in [0.2, 0.25) is 0 Å². The first-order valence-electron chi connectivity index (χ1n) is 6.68. The van der Waals surface area contributed by atoms with Gasteiger partial charge in [0.15, 0.2) is 0 Å². The molecule has 0 spiro atoms. The second-order valence-electron chi connectivity index (χ2n) is 5.05. The monoisotopic (exact) mass is 349 g/mol. The Balaban J connectivity index is 2.20. The summed E-state index contributed by atoms with van der Waals surface area (Å²) in [6, 6.07) is 13.4. The maximum absolute atomic E-state index is 3.63. The molecule has 1 atom stereocenters. The van der Waals surface area contributed by atoms with E-state index in [9.17, 15) is 0 Å². The molecule has 0 aliphatic rings. The fraction of sp³-hybridized carbons (Fsp3) is 0.294. The number of thioether (sulfide) groups is 1. The molecule has 0 aromatic heterocycles. The fourth-order valence-electron chi connectivity index (χ4n) is 2.33. The van der Waals surface area contributed by atoms with Crippen molar-refractivity contribution < 1.29 is 0 Å². The lowest BCUT2D eigenvalue weighted by atomic mass is 10.1. The molecule has 0 amide bonds. The van der Waals surface area contributed by atoms with Crippen LogP contribution in [-0.2, 0) is 0 Å². The third-order valence-electron chi connectivity index (χ3n) is 3.47. The number of rotatable bonds is 4. The van der Waals surface area contributed by atoms with Crippen molar-refractivity contribution in [2.75, 3.05) is 11.6 Å². The number of benzene rings is 2. The first-order chi connectivity index (χ1) is 9.51. The predicted octanol–water partition coefficient (Wildman–Crippen LogP) is 5.96. The number of halogens is 1. The predicted molar refractivity (Wildman–Crippen MR) is 93.9 cm³/mol. The van der Waals surface area contributed by atoms with E-state index in [1.54, 1.807) is 11.8 Å². The lowest BCUT2D eigenvalue weighted by Gasteiger charge is -2.20. The summed E-state index contributed by atoms with van der Waals surface area (Å²) in [5.41, 5.74) is 5.08. The molecule has 0 saturated carbocycles. The Morgan fingerprint density at radius 3 is 2.10 bits per heavy atom. The Morgan fingerprint density at radius 1 is 1.05 bits per heavy atom. The minimum Gasteiger partial charge on any atom is -0.378 e. The molecule has 1 nitrogen and oxygen atoms in total. The second kappa shape index (κ2) is 6.68. The molecule has 2 aromatic carbocycles. The largest absolute Gasteiger partial charge is 0.378 e. The van der Waals surface area contributed by atoms with E-state index < -0.39 is 0 Å². The van der Waals surface area contributed by atoms with E-state index in [0.717, 1.165) is 4.47 Å². The molecule has 1 N–H and O–H groups in total. The van der Waals surface area contributed by atoms with Crippen LogP contribution in [0.5, 0.6) is 0 Å². The quantitative estimate of drug-likeness (QED) is 0.683. The molecule has 0 heterocycles. The second-order valence-corrected chi connectivity index (χ2v) is 6.85. The van der Waals surface area contributed by atoms with Crippen LogP contribution in [0.1, 0.15) is 29.7 Å². The summed E-state index contributed by atoms with van der Waals surface area (Å²) in [5.74, 6) is 0. The van der Waals surface area contributed by atoms with E-state index in [2.05, 4.69) is 84.7 Å². The average molecular weight is 350 g/mol. The van der Waals surface area contributed by atoms with Gasteiger partial charge in [-0.2, -0.15) is 0 Å². The van der Waals surface area contributed by atoms with E-state index in [1.807, 2.05) is 0 Å². The van der Waals surface area contributed by atoms with E-state index >= 15 is 0 Å². The van der Waals surface area contributed by atoms with Crippen LogP contribution in [0.3, 0.4) is 0 Å². The highest BCUT2D eigenvalue weighted by molar-refractivity contribution is 9.10. The molecule has 20 heavy (non-hydrogen) atoms. The highest BCUT2D eigenvalue weighted by atomic mass is 79.9. The van der Waals surface area contributed by atoms with Crippen LogP contribution in [0.15, 0.2) is 45.8 Å². The molecule has 0 fully saturated rings. The Bertz CT molecular complexity index is 569. The van der Waals surface area contributed by atoms with Crippen LogP contribution < -0.4 is 5.32 Å². The van der Waals surface area contributed by atoms with Crippen molar-refractivity contribution in [3.8, 4) is 0 Å². The Morgan fingerprint density at radius 2 is 1.60 bits per heavy atom. The van der Waals surface area contributed by atoms with Crippen molar-refractivity contribution in [1.82, 2.24) is 0 Å². The van der Waals surface area contributed by atoms with Crippen molar-refractivity contribution in [1.29, 1.82) is 0 Å². The molecule has 2 aromatic rings. The molecule has 0 aliphatic heterocycles. The van der Waals surface area contributed by atoms with Gasteiger partial charge in [0.25, 0.3) is 0 Å². The van der Waals surface area contributed by atoms with E-state index in [1.165, 1.54) is 27.3 Å². The van der Waals surface area contributed by atoms with Gasteiger partial charge in [-0.3, -0.25) is 0 Å². The first-order valence-corrected chi connectivity index (χ1v) is 8.70. The van der Waals surface area contributed by atoms with Crippen LogP contribution in [0.4, 0.5) is 5.69 Å². The molecule has 0 bridgehead atoms. The van der Waals surface area contributed by atoms with Gasteiger partial charge in [0.05, 0.1) is 0 Å². The fourth-order valence-corrected chi connectivity index (χ4v) is 3.43. The van der Waals surface area contributed by atoms with E-state index in [-0.39, 0.29) is 0 Å². The van der Waals surface area contributed by atoms with Crippen molar-refractivity contribution in [2.24, 2.45) is 0 Å². The summed E-state index contributed by atoms with van der Waals surface area (Å²) >= 11 is 5.32. The Kier molecular flexibility index (Phi) is 5.17. The topological polar surface area (TPSA) is 12.0 Å². The van der Waals surface area contributed by atoms with Gasteiger partial charge in [-0.05, 0) is 68.0 Å². The van der Waals surface area contributed by atoms with E-state index in [0.29, 0.717) is 6.04 Å². The number of hydrogen-bond donors (Lipinski definition) is 1. The van der Waals surface area contributed by atoms with Crippen LogP contribution in [0.25, 0.3) is 0 Å². The van der Waals surface area contributed by atoms with Gasteiger partial charge >= 0.3 is 0 Å².